The van der Waals surface area contributed by atoms with Crippen LogP contribution in [0.4, 0.5) is 4.79 Å². The number of amides is 4. The predicted octanol–water partition coefficient (Wildman–Crippen LogP) is 2.89. The van der Waals surface area contributed by atoms with Crippen molar-refractivity contribution < 1.29 is 23.9 Å². The SMILES string of the molecule is C[C@@H](C(=O)NC(C(=O)N1CC(N)CC1C(=O)NC1CCCc2ccccc21)C(C)(C)C)N(C)C(=O)OC(C)(C)C. The molecule has 1 fully saturated rings. The fourth-order valence-corrected chi connectivity index (χ4v) is 5.28. The number of nitrogens with one attached hydrogen (secondary N) is 2. The Labute approximate surface area is 238 Å². The normalized spacial score (nSPS) is 22.5. The van der Waals surface area contributed by atoms with Gasteiger partial charge in [0.1, 0.15) is 23.7 Å². The Kier molecular flexibility index (Phi) is 9.54. The number of hydrogen-bond donors (Lipinski definition) is 3. The van der Waals surface area contributed by atoms with Gasteiger partial charge in [0.15, 0.2) is 0 Å². The van der Waals surface area contributed by atoms with Gasteiger partial charge in [0.25, 0.3) is 0 Å². The van der Waals surface area contributed by atoms with Crippen LogP contribution in [-0.2, 0) is 25.5 Å². The fraction of sp³-hybridized carbons (Fsp3) is 0.667. The molecule has 1 aliphatic heterocycles. The van der Waals surface area contributed by atoms with Crippen molar-refractivity contribution in [2.24, 2.45) is 11.1 Å². The summed E-state index contributed by atoms with van der Waals surface area (Å²) in [5.41, 5.74) is 7.23. The number of benzene rings is 1. The lowest BCUT2D eigenvalue weighted by molar-refractivity contribution is -0.144. The summed E-state index contributed by atoms with van der Waals surface area (Å²) in [4.78, 5) is 56.0. The van der Waals surface area contributed by atoms with E-state index < -0.39 is 41.1 Å². The van der Waals surface area contributed by atoms with Crippen LogP contribution in [0, 0.1) is 5.41 Å². The van der Waals surface area contributed by atoms with E-state index in [1.165, 1.54) is 22.4 Å². The summed E-state index contributed by atoms with van der Waals surface area (Å²) in [7, 11) is 1.48. The summed E-state index contributed by atoms with van der Waals surface area (Å²) in [5.74, 6) is -1.10. The number of likely N-dealkylation sites (tertiary alicyclic amines) is 1. The van der Waals surface area contributed by atoms with E-state index in [4.69, 9.17) is 10.5 Å². The first-order valence-electron chi connectivity index (χ1n) is 14.2. The van der Waals surface area contributed by atoms with Crippen LogP contribution >= 0.6 is 0 Å². The highest BCUT2D eigenvalue weighted by atomic mass is 16.6. The fourth-order valence-electron chi connectivity index (χ4n) is 5.28. The van der Waals surface area contributed by atoms with Gasteiger partial charge in [-0.2, -0.15) is 0 Å². The Bertz CT molecular complexity index is 1110. The molecule has 1 heterocycles. The molecular weight excluding hydrogens is 510 g/mol. The molecule has 4 amide bonds. The van der Waals surface area contributed by atoms with Crippen molar-refractivity contribution >= 4 is 23.8 Å². The van der Waals surface area contributed by atoms with Crippen molar-refractivity contribution in [1.82, 2.24) is 20.4 Å². The summed E-state index contributed by atoms with van der Waals surface area (Å²) in [5, 5.41) is 6.02. The maximum absolute atomic E-state index is 14.0. The number of hydrogen-bond acceptors (Lipinski definition) is 6. The minimum absolute atomic E-state index is 0.117. The number of carbonyl (C=O) groups excluding carboxylic acids is 4. The van der Waals surface area contributed by atoms with Gasteiger partial charge in [-0.3, -0.25) is 19.3 Å². The first-order chi connectivity index (χ1) is 18.5. The lowest BCUT2D eigenvalue weighted by atomic mass is 9.85. The highest BCUT2D eigenvalue weighted by Gasteiger charge is 2.45. The Balaban J connectivity index is 1.75. The summed E-state index contributed by atoms with van der Waals surface area (Å²) in [6.07, 6.45) is 2.49. The molecular formula is C30H47N5O5. The van der Waals surface area contributed by atoms with Crippen molar-refractivity contribution in [1.29, 1.82) is 0 Å². The van der Waals surface area contributed by atoms with Crippen LogP contribution in [0.25, 0.3) is 0 Å². The van der Waals surface area contributed by atoms with Crippen LogP contribution in [0.15, 0.2) is 24.3 Å². The molecule has 1 aromatic rings. The summed E-state index contributed by atoms with van der Waals surface area (Å²) in [6, 6.07) is 5.08. The van der Waals surface area contributed by atoms with Gasteiger partial charge in [-0.15, -0.1) is 0 Å². The van der Waals surface area contributed by atoms with Crippen LogP contribution in [0.5, 0.6) is 0 Å². The van der Waals surface area contributed by atoms with Gasteiger partial charge in [0, 0.05) is 19.6 Å². The second kappa shape index (κ2) is 12.2. The maximum atomic E-state index is 14.0. The smallest absolute Gasteiger partial charge is 0.410 e. The van der Waals surface area contributed by atoms with Gasteiger partial charge in [-0.25, -0.2) is 4.79 Å². The number of carbonyl (C=O) groups is 4. The molecule has 222 valence electrons. The van der Waals surface area contributed by atoms with E-state index in [0.717, 1.165) is 24.8 Å². The minimum Gasteiger partial charge on any atom is -0.444 e. The van der Waals surface area contributed by atoms with Crippen LogP contribution in [0.1, 0.15) is 84.9 Å². The monoisotopic (exact) mass is 557 g/mol. The molecule has 3 rings (SSSR count). The number of likely N-dealkylation sites (N-methyl/N-ethyl adjacent to an activating group) is 1. The van der Waals surface area contributed by atoms with Crippen molar-refractivity contribution in [3.63, 3.8) is 0 Å². The Morgan fingerprint density at radius 1 is 1.10 bits per heavy atom. The lowest BCUT2D eigenvalue weighted by Crippen LogP contribution is -2.60. The van der Waals surface area contributed by atoms with E-state index in [9.17, 15) is 19.2 Å². The second-order valence-electron chi connectivity index (χ2n) is 13.2. The largest absolute Gasteiger partial charge is 0.444 e. The molecule has 0 aromatic heterocycles. The zero-order valence-corrected chi connectivity index (χ0v) is 25.2. The molecule has 0 spiro atoms. The molecule has 10 nitrogen and oxygen atoms in total. The predicted molar refractivity (Wildman–Crippen MR) is 153 cm³/mol. The number of fused-ring (bicyclic) bond motifs is 1. The molecule has 4 unspecified atom stereocenters. The van der Waals surface area contributed by atoms with Gasteiger partial charge in [0.05, 0.1) is 6.04 Å². The Hall–Kier alpha value is -3.14. The number of aryl methyl sites for hydroxylation is 1. The number of nitrogens with two attached hydrogens (primary N) is 1. The number of nitrogens with zero attached hydrogens (tertiary/aromatic N) is 2. The average Bonchev–Trinajstić information content (AvgIpc) is 3.26. The first kappa shape index (κ1) is 31.4. The van der Waals surface area contributed by atoms with Crippen LogP contribution in [0.2, 0.25) is 0 Å². The summed E-state index contributed by atoms with van der Waals surface area (Å²) < 4.78 is 5.38. The molecule has 1 aliphatic carbocycles. The minimum atomic E-state index is -0.939. The zero-order chi connectivity index (χ0) is 30.0. The Morgan fingerprint density at radius 2 is 1.75 bits per heavy atom. The molecule has 4 N–H and O–H groups in total. The third-order valence-electron chi connectivity index (χ3n) is 7.65. The van der Waals surface area contributed by atoms with Gasteiger partial charge >= 0.3 is 6.09 Å². The number of rotatable bonds is 6. The van der Waals surface area contributed by atoms with Crippen molar-refractivity contribution in [3.05, 3.63) is 35.4 Å². The lowest BCUT2D eigenvalue weighted by Gasteiger charge is -2.37. The molecule has 1 aromatic carbocycles. The molecule has 2 aliphatic rings. The standard InChI is InChI=1S/C30H47N5O5/c1-18(34(8)28(39)40-30(5,6)7)25(36)33-24(29(2,3)4)27(38)35-17-20(31)16-23(35)26(37)32-22-15-11-13-19-12-9-10-14-21(19)22/h9-10,12,14,18,20,22-24H,11,13,15-17,31H2,1-8H3,(H,32,37)(H,33,36)/t18-,20?,22?,23?,24?/m0/s1. The molecule has 1 saturated heterocycles. The van der Waals surface area contributed by atoms with E-state index in [1.54, 1.807) is 27.7 Å². The van der Waals surface area contributed by atoms with Crippen molar-refractivity contribution in [2.45, 2.75) is 110 Å². The van der Waals surface area contributed by atoms with Crippen LogP contribution in [0.3, 0.4) is 0 Å². The topological polar surface area (TPSA) is 134 Å². The second-order valence-corrected chi connectivity index (χ2v) is 13.2. The molecule has 0 radical (unpaired) electrons. The van der Waals surface area contributed by atoms with Crippen LogP contribution in [-0.4, -0.2) is 77.0 Å². The molecule has 0 bridgehead atoms. The maximum Gasteiger partial charge on any atom is 0.410 e. The van der Waals surface area contributed by atoms with Gasteiger partial charge in [0.2, 0.25) is 17.7 Å². The van der Waals surface area contributed by atoms with Gasteiger partial charge in [-0.1, -0.05) is 45.0 Å². The van der Waals surface area contributed by atoms with E-state index >= 15 is 0 Å². The average molecular weight is 558 g/mol. The quantitative estimate of drug-likeness (QED) is 0.493. The third kappa shape index (κ3) is 7.53. The van der Waals surface area contributed by atoms with E-state index in [2.05, 4.69) is 16.7 Å². The van der Waals surface area contributed by atoms with Crippen molar-refractivity contribution in [2.75, 3.05) is 13.6 Å². The van der Waals surface area contributed by atoms with Crippen molar-refractivity contribution in [3.8, 4) is 0 Å². The van der Waals surface area contributed by atoms with E-state index in [-0.39, 0.29) is 30.4 Å². The first-order valence-corrected chi connectivity index (χ1v) is 14.2. The molecule has 40 heavy (non-hydrogen) atoms. The van der Waals surface area contributed by atoms with E-state index in [0.29, 0.717) is 6.42 Å². The summed E-state index contributed by atoms with van der Waals surface area (Å²) in [6.45, 7) is 12.6. The number of ether oxygens (including phenoxy) is 1. The Morgan fingerprint density at radius 3 is 2.38 bits per heavy atom. The third-order valence-corrected chi connectivity index (χ3v) is 7.65. The highest BCUT2D eigenvalue weighted by molar-refractivity contribution is 5.94. The molecule has 0 saturated carbocycles. The molecule has 5 atom stereocenters. The molecule has 10 heteroatoms. The van der Waals surface area contributed by atoms with Gasteiger partial charge < -0.3 is 26.0 Å². The van der Waals surface area contributed by atoms with E-state index in [1.807, 2.05) is 39.0 Å². The van der Waals surface area contributed by atoms with Gasteiger partial charge in [-0.05, 0) is 69.9 Å². The van der Waals surface area contributed by atoms with Crippen LogP contribution < -0.4 is 16.4 Å². The summed E-state index contributed by atoms with van der Waals surface area (Å²) >= 11 is 0. The zero-order valence-electron chi connectivity index (χ0n) is 25.2. The highest BCUT2D eigenvalue weighted by Crippen LogP contribution is 2.31.